The molecule has 0 aliphatic carbocycles. The molecule has 0 unspecified atom stereocenters. The lowest BCUT2D eigenvalue weighted by atomic mass is 10.0. The second-order valence-corrected chi connectivity index (χ2v) is 4.99. The Morgan fingerprint density at radius 1 is 1.47 bits per heavy atom. The maximum atomic E-state index is 11.0. The molecule has 1 aliphatic heterocycles. The van der Waals surface area contributed by atoms with Gasteiger partial charge in [-0.1, -0.05) is 12.5 Å². The Bertz CT molecular complexity index is 414. The molecule has 1 aromatic carbocycles. The third kappa shape index (κ3) is 4.91. The van der Waals surface area contributed by atoms with Crippen LogP contribution in [0.1, 0.15) is 32.6 Å². The van der Waals surface area contributed by atoms with Gasteiger partial charge in [0.05, 0.1) is 6.61 Å². The topological polar surface area (TPSA) is 50.4 Å². The van der Waals surface area contributed by atoms with Crippen molar-refractivity contribution >= 4 is 11.6 Å². The molecule has 1 heterocycles. The van der Waals surface area contributed by atoms with E-state index in [0.717, 1.165) is 24.4 Å². The van der Waals surface area contributed by atoms with Crippen molar-refractivity contribution in [3.8, 4) is 5.75 Å². The minimum atomic E-state index is -0.0662. The van der Waals surface area contributed by atoms with Crippen molar-refractivity contribution < 1.29 is 9.53 Å². The van der Waals surface area contributed by atoms with Crippen LogP contribution in [-0.2, 0) is 4.79 Å². The van der Waals surface area contributed by atoms with E-state index >= 15 is 0 Å². The summed E-state index contributed by atoms with van der Waals surface area (Å²) in [6.07, 6.45) is 4.88. The molecule has 0 spiro atoms. The Morgan fingerprint density at radius 3 is 3.11 bits per heavy atom. The highest BCUT2D eigenvalue weighted by Gasteiger charge is 2.12. The summed E-state index contributed by atoms with van der Waals surface area (Å²) in [5.74, 6) is 0.741. The Hall–Kier alpha value is -1.55. The number of ether oxygens (including phenoxy) is 1. The predicted molar refractivity (Wildman–Crippen MR) is 76.5 cm³/mol. The number of benzene rings is 1. The standard InChI is InChI=1S/C15H22N2O2/c1-12(18)17-14-6-4-7-15(11-14)19-10-8-13-5-2-3-9-16-13/h4,6-7,11,13,16H,2-3,5,8-10H2,1H3,(H,17,18)/t13-/m1/s1. The second-order valence-electron chi connectivity index (χ2n) is 4.99. The van der Waals surface area contributed by atoms with Gasteiger partial charge in [0.1, 0.15) is 5.75 Å². The van der Waals surface area contributed by atoms with Gasteiger partial charge in [0.15, 0.2) is 0 Å². The zero-order valence-corrected chi connectivity index (χ0v) is 11.4. The molecule has 104 valence electrons. The van der Waals surface area contributed by atoms with Crippen molar-refractivity contribution in [1.29, 1.82) is 0 Å². The average Bonchev–Trinajstić information content (AvgIpc) is 2.40. The molecular weight excluding hydrogens is 240 g/mol. The van der Waals surface area contributed by atoms with E-state index in [9.17, 15) is 4.79 Å². The average molecular weight is 262 g/mol. The van der Waals surface area contributed by atoms with Crippen LogP contribution in [0.15, 0.2) is 24.3 Å². The minimum absolute atomic E-state index is 0.0662. The Kier molecular flexibility index (Phi) is 5.21. The minimum Gasteiger partial charge on any atom is -0.493 e. The molecule has 19 heavy (non-hydrogen) atoms. The van der Waals surface area contributed by atoms with Gasteiger partial charge in [-0.05, 0) is 37.9 Å². The summed E-state index contributed by atoms with van der Waals surface area (Å²) in [7, 11) is 0. The van der Waals surface area contributed by atoms with Gasteiger partial charge in [0, 0.05) is 24.7 Å². The zero-order chi connectivity index (χ0) is 13.5. The van der Waals surface area contributed by atoms with Crippen LogP contribution in [0.5, 0.6) is 5.75 Å². The van der Waals surface area contributed by atoms with Crippen molar-refractivity contribution in [2.24, 2.45) is 0 Å². The van der Waals surface area contributed by atoms with E-state index in [4.69, 9.17) is 4.74 Å². The van der Waals surface area contributed by atoms with E-state index in [1.54, 1.807) is 0 Å². The molecule has 1 fully saturated rings. The van der Waals surface area contributed by atoms with Crippen molar-refractivity contribution in [2.45, 2.75) is 38.6 Å². The summed E-state index contributed by atoms with van der Waals surface area (Å²) in [5, 5.41) is 6.26. The number of nitrogens with one attached hydrogen (secondary N) is 2. The van der Waals surface area contributed by atoms with Crippen LogP contribution in [0.4, 0.5) is 5.69 Å². The summed E-state index contributed by atoms with van der Waals surface area (Å²) >= 11 is 0. The van der Waals surface area contributed by atoms with E-state index in [0.29, 0.717) is 12.6 Å². The Balaban J connectivity index is 1.77. The van der Waals surface area contributed by atoms with E-state index in [2.05, 4.69) is 10.6 Å². The van der Waals surface area contributed by atoms with Crippen LogP contribution in [0, 0.1) is 0 Å². The largest absolute Gasteiger partial charge is 0.493 e. The highest BCUT2D eigenvalue weighted by molar-refractivity contribution is 5.88. The van der Waals surface area contributed by atoms with E-state index in [1.165, 1.54) is 26.2 Å². The highest BCUT2D eigenvalue weighted by Crippen LogP contribution is 2.18. The van der Waals surface area contributed by atoms with Gasteiger partial charge in [0.2, 0.25) is 5.91 Å². The summed E-state index contributed by atoms with van der Waals surface area (Å²) in [6.45, 7) is 3.34. The van der Waals surface area contributed by atoms with Crippen LogP contribution in [-0.4, -0.2) is 25.1 Å². The normalized spacial score (nSPS) is 18.9. The number of carbonyl (C=O) groups excluding carboxylic acids is 1. The quantitative estimate of drug-likeness (QED) is 0.857. The first kappa shape index (κ1) is 13.9. The summed E-state index contributed by atoms with van der Waals surface area (Å²) in [4.78, 5) is 11.0. The molecule has 1 aliphatic rings. The van der Waals surface area contributed by atoms with Crippen molar-refractivity contribution in [2.75, 3.05) is 18.5 Å². The maximum Gasteiger partial charge on any atom is 0.221 e. The summed E-state index contributed by atoms with van der Waals surface area (Å²) in [5.41, 5.74) is 0.779. The number of amides is 1. The number of rotatable bonds is 5. The lowest BCUT2D eigenvalue weighted by Gasteiger charge is -2.23. The monoisotopic (exact) mass is 262 g/mol. The van der Waals surface area contributed by atoms with Gasteiger partial charge in [-0.3, -0.25) is 4.79 Å². The third-order valence-electron chi connectivity index (χ3n) is 3.30. The predicted octanol–water partition coefficient (Wildman–Crippen LogP) is 2.56. The zero-order valence-electron chi connectivity index (χ0n) is 11.4. The van der Waals surface area contributed by atoms with Gasteiger partial charge in [0.25, 0.3) is 0 Å². The number of anilines is 1. The molecule has 0 bridgehead atoms. The summed E-state index contributed by atoms with van der Waals surface area (Å²) < 4.78 is 5.74. The molecular formula is C15H22N2O2. The molecule has 1 saturated heterocycles. The van der Waals surface area contributed by atoms with Gasteiger partial charge in [-0.2, -0.15) is 0 Å². The molecule has 2 rings (SSSR count). The van der Waals surface area contributed by atoms with Crippen LogP contribution in [0.3, 0.4) is 0 Å². The fourth-order valence-electron chi connectivity index (χ4n) is 2.36. The summed E-state index contributed by atoms with van der Waals surface area (Å²) in [6, 6.07) is 8.11. The van der Waals surface area contributed by atoms with Crippen molar-refractivity contribution in [1.82, 2.24) is 5.32 Å². The Morgan fingerprint density at radius 2 is 2.37 bits per heavy atom. The number of piperidine rings is 1. The molecule has 4 nitrogen and oxygen atoms in total. The maximum absolute atomic E-state index is 11.0. The molecule has 0 aromatic heterocycles. The van der Waals surface area contributed by atoms with E-state index in [-0.39, 0.29) is 5.91 Å². The van der Waals surface area contributed by atoms with Gasteiger partial charge >= 0.3 is 0 Å². The van der Waals surface area contributed by atoms with Crippen LogP contribution in [0.25, 0.3) is 0 Å². The fraction of sp³-hybridized carbons (Fsp3) is 0.533. The number of hydrogen-bond donors (Lipinski definition) is 2. The van der Waals surface area contributed by atoms with Crippen molar-refractivity contribution in [3.63, 3.8) is 0 Å². The first-order valence-corrected chi connectivity index (χ1v) is 6.98. The van der Waals surface area contributed by atoms with Crippen LogP contribution >= 0.6 is 0 Å². The first-order valence-electron chi connectivity index (χ1n) is 6.98. The van der Waals surface area contributed by atoms with Gasteiger partial charge < -0.3 is 15.4 Å². The molecule has 0 saturated carbocycles. The SMILES string of the molecule is CC(=O)Nc1cccc(OCC[C@H]2CCCCN2)c1. The molecule has 1 atom stereocenters. The molecule has 2 N–H and O–H groups in total. The number of carbonyl (C=O) groups is 1. The molecule has 1 aromatic rings. The van der Waals surface area contributed by atoms with Gasteiger partial charge in [-0.25, -0.2) is 0 Å². The third-order valence-corrected chi connectivity index (χ3v) is 3.30. The first-order chi connectivity index (χ1) is 9.24. The smallest absolute Gasteiger partial charge is 0.221 e. The van der Waals surface area contributed by atoms with Crippen LogP contribution in [0.2, 0.25) is 0 Å². The van der Waals surface area contributed by atoms with Crippen LogP contribution < -0.4 is 15.4 Å². The molecule has 4 heteroatoms. The molecule has 1 amide bonds. The fourth-order valence-corrected chi connectivity index (χ4v) is 2.36. The lowest BCUT2D eigenvalue weighted by Crippen LogP contribution is -2.35. The highest BCUT2D eigenvalue weighted by atomic mass is 16.5. The second kappa shape index (κ2) is 7.14. The van der Waals surface area contributed by atoms with Crippen molar-refractivity contribution in [3.05, 3.63) is 24.3 Å². The lowest BCUT2D eigenvalue weighted by molar-refractivity contribution is -0.114. The molecule has 0 radical (unpaired) electrons. The number of hydrogen-bond acceptors (Lipinski definition) is 3. The van der Waals surface area contributed by atoms with Gasteiger partial charge in [-0.15, -0.1) is 0 Å². The Labute approximate surface area is 114 Å². The van der Waals surface area contributed by atoms with E-state index in [1.807, 2.05) is 24.3 Å². The van der Waals surface area contributed by atoms with E-state index < -0.39 is 0 Å².